The quantitative estimate of drug-likeness (QED) is 0.402. The molecule has 0 radical (unpaired) electrons. The summed E-state index contributed by atoms with van der Waals surface area (Å²) in [7, 11) is 1.29. The number of aromatic nitrogens is 2. The van der Waals surface area contributed by atoms with Crippen LogP contribution in [0.3, 0.4) is 0 Å². The van der Waals surface area contributed by atoms with Crippen molar-refractivity contribution >= 4 is 29.0 Å². The van der Waals surface area contributed by atoms with Crippen LogP contribution in [-0.2, 0) is 25.5 Å². The highest BCUT2D eigenvalue weighted by molar-refractivity contribution is 5.87. The van der Waals surface area contributed by atoms with E-state index < -0.39 is 18.1 Å². The van der Waals surface area contributed by atoms with Gasteiger partial charge >= 0.3 is 12.1 Å². The fourth-order valence-electron chi connectivity index (χ4n) is 4.66. The SMILES string of the molecule is COC(=O)C1CCCN1C(=O)CNC(=O)OCC(C)(C)CCc1cccc(-c2nc3ccccc3[nH]c2=O)c1. The Hall–Kier alpha value is -4.21. The van der Waals surface area contributed by atoms with Gasteiger partial charge in [-0.3, -0.25) is 9.59 Å². The van der Waals surface area contributed by atoms with Gasteiger partial charge in [-0.1, -0.05) is 44.2 Å². The number of alkyl carbamates (subject to hydrolysis) is 1. The number of amides is 2. The number of para-hydroxylation sites is 2. The number of nitrogens with zero attached hydrogens (tertiary/aromatic N) is 2. The fourth-order valence-corrected chi connectivity index (χ4v) is 4.66. The van der Waals surface area contributed by atoms with E-state index in [1.165, 1.54) is 12.0 Å². The van der Waals surface area contributed by atoms with Crippen LogP contribution in [0.4, 0.5) is 4.79 Å². The molecule has 2 aromatic carbocycles. The van der Waals surface area contributed by atoms with Crippen molar-refractivity contribution < 1.29 is 23.9 Å². The van der Waals surface area contributed by atoms with E-state index in [9.17, 15) is 19.2 Å². The summed E-state index contributed by atoms with van der Waals surface area (Å²) in [6.45, 7) is 4.36. The number of hydrogen-bond donors (Lipinski definition) is 2. The minimum absolute atomic E-state index is 0.160. The van der Waals surface area contributed by atoms with Gasteiger partial charge < -0.3 is 24.7 Å². The number of hydrogen-bond acceptors (Lipinski definition) is 7. The number of benzene rings is 2. The third-order valence-electron chi connectivity index (χ3n) is 6.91. The third-order valence-corrected chi connectivity index (χ3v) is 6.91. The molecular weight excluding hydrogens is 500 g/mol. The summed E-state index contributed by atoms with van der Waals surface area (Å²) in [5.74, 6) is -0.797. The highest BCUT2D eigenvalue weighted by atomic mass is 16.5. The molecule has 0 saturated carbocycles. The zero-order chi connectivity index (χ0) is 28.0. The summed E-state index contributed by atoms with van der Waals surface area (Å²) in [5.41, 5.74) is 2.99. The van der Waals surface area contributed by atoms with Crippen molar-refractivity contribution in [1.29, 1.82) is 0 Å². The normalized spacial score (nSPS) is 15.3. The Morgan fingerprint density at radius 2 is 1.95 bits per heavy atom. The summed E-state index contributed by atoms with van der Waals surface area (Å²) in [5, 5.41) is 2.48. The lowest BCUT2D eigenvalue weighted by atomic mass is 9.87. The molecule has 2 heterocycles. The first-order valence-electron chi connectivity index (χ1n) is 13.0. The van der Waals surface area contributed by atoms with Crippen molar-refractivity contribution in [3.05, 3.63) is 64.4 Å². The number of nitrogens with one attached hydrogen (secondary N) is 2. The Labute approximate surface area is 226 Å². The number of carbonyl (C=O) groups is 3. The Kier molecular flexibility index (Phi) is 8.63. The lowest BCUT2D eigenvalue weighted by Gasteiger charge is -2.25. The van der Waals surface area contributed by atoms with Gasteiger partial charge in [-0.15, -0.1) is 0 Å². The topological polar surface area (TPSA) is 131 Å². The summed E-state index contributed by atoms with van der Waals surface area (Å²) in [6.07, 6.45) is 2.00. The third kappa shape index (κ3) is 7.01. The van der Waals surface area contributed by atoms with Gasteiger partial charge in [-0.05, 0) is 54.9 Å². The number of aromatic amines is 1. The monoisotopic (exact) mass is 534 g/mol. The maximum Gasteiger partial charge on any atom is 0.407 e. The van der Waals surface area contributed by atoms with E-state index in [0.717, 1.165) is 23.1 Å². The van der Waals surface area contributed by atoms with E-state index in [2.05, 4.69) is 15.3 Å². The van der Waals surface area contributed by atoms with Gasteiger partial charge in [-0.2, -0.15) is 0 Å². The van der Waals surface area contributed by atoms with Crippen LogP contribution >= 0.6 is 0 Å². The molecule has 206 valence electrons. The Morgan fingerprint density at radius 1 is 1.15 bits per heavy atom. The van der Waals surface area contributed by atoms with Crippen LogP contribution in [0.25, 0.3) is 22.3 Å². The van der Waals surface area contributed by atoms with Gasteiger partial charge in [0.1, 0.15) is 18.3 Å². The van der Waals surface area contributed by atoms with Crippen molar-refractivity contribution in [2.45, 2.75) is 45.6 Å². The molecule has 1 saturated heterocycles. The summed E-state index contributed by atoms with van der Waals surface area (Å²) in [6, 6.07) is 14.5. The van der Waals surface area contributed by atoms with Crippen LogP contribution in [-0.4, -0.2) is 65.7 Å². The molecule has 2 amide bonds. The molecule has 39 heavy (non-hydrogen) atoms. The van der Waals surface area contributed by atoms with E-state index in [-0.39, 0.29) is 30.0 Å². The molecule has 0 aliphatic carbocycles. The van der Waals surface area contributed by atoms with E-state index in [1.807, 2.05) is 62.4 Å². The molecule has 1 unspecified atom stereocenters. The van der Waals surface area contributed by atoms with E-state index in [1.54, 1.807) is 0 Å². The average Bonchev–Trinajstić information content (AvgIpc) is 3.43. The molecular formula is C29H34N4O6. The minimum atomic E-state index is -0.686. The maximum atomic E-state index is 12.6. The molecule has 1 aliphatic heterocycles. The predicted molar refractivity (Wildman–Crippen MR) is 146 cm³/mol. The fraction of sp³-hybridized carbons (Fsp3) is 0.414. The van der Waals surface area contributed by atoms with E-state index in [0.29, 0.717) is 37.0 Å². The van der Waals surface area contributed by atoms with Gasteiger partial charge in [-0.25, -0.2) is 14.6 Å². The number of fused-ring (bicyclic) bond motifs is 1. The summed E-state index contributed by atoms with van der Waals surface area (Å²) < 4.78 is 10.1. The molecule has 4 rings (SSSR count). The van der Waals surface area contributed by atoms with Gasteiger partial charge in [0.2, 0.25) is 5.91 Å². The van der Waals surface area contributed by atoms with Gasteiger partial charge in [0.05, 0.1) is 24.8 Å². The molecule has 1 aliphatic rings. The van der Waals surface area contributed by atoms with Crippen LogP contribution in [0.5, 0.6) is 0 Å². The van der Waals surface area contributed by atoms with Gasteiger partial charge in [0, 0.05) is 12.1 Å². The first-order valence-corrected chi connectivity index (χ1v) is 13.0. The lowest BCUT2D eigenvalue weighted by molar-refractivity contribution is -0.150. The number of methoxy groups -OCH3 is 1. The molecule has 0 bridgehead atoms. The number of rotatable bonds is 9. The second-order valence-electron chi connectivity index (χ2n) is 10.5. The van der Waals surface area contributed by atoms with Crippen LogP contribution in [0.2, 0.25) is 0 Å². The Morgan fingerprint density at radius 3 is 2.74 bits per heavy atom. The number of H-pyrrole nitrogens is 1. The molecule has 1 fully saturated rings. The minimum Gasteiger partial charge on any atom is -0.467 e. The van der Waals surface area contributed by atoms with Crippen molar-refractivity contribution in [2.75, 3.05) is 26.8 Å². The maximum absolute atomic E-state index is 12.6. The lowest BCUT2D eigenvalue weighted by Crippen LogP contribution is -2.46. The highest BCUT2D eigenvalue weighted by Crippen LogP contribution is 2.25. The molecule has 10 nitrogen and oxygen atoms in total. The van der Waals surface area contributed by atoms with Crippen molar-refractivity contribution in [3.63, 3.8) is 0 Å². The number of aryl methyl sites for hydroxylation is 1. The number of ether oxygens (including phenoxy) is 2. The Bertz CT molecular complexity index is 1420. The number of likely N-dealkylation sites (tertiary alicyclic amines) is 1. The van der Waals surface area contributed by atoms with Crippen LogP contribution in [0.1, 0.15) is 38.7 Å². The summed E-state index contributed by atoms with van der Waals surface area (Å²) >= 11 is 0. The Balaban J connectivity index is 1.28. The van der Waals surface area contributed by atoms with Crippen LogP contribution in [0, 0.1) is 5.41 Å². The van der Waals surface area contributed by atoms with Crippen molar-refractivity contribution in [1.82, 2.24) is 20.2 Å². The average molecular weight is 535 g/mol. The standard InChI is InChI=1S/C29H34N4O6/c1-29(2,18-39-28(37)30-17-24(34)33-15-7-12-23(33)27(36)38-3)14-13-19-8-6-9-20(16-19)25-26(35)32-22-11-5-4-10-21(22)31-25/h4-6,8-11,16,23H,7,12-15,17-18H2,1-3H3,(H,30,37)(H,32,35). The first-order chi connectivity index (χ1) is 18.7. The van der Waals surface area contributed by atoms with E-state index >= 15 is 0 Å². The second-order valence-corrected chi connectivity index (χ2v) is 10.5. The van der Waals surface area contributed by atoms with Crippen molar-refractivity contribution in [3.8, 4) is 11.3 Å². The smallest absolute Gasteiger partial charge is 0.407 e. The van der Waals surface area contributed by atoms with Gasteiger partial charge in [0.15, 0.2) is 0 Å². The number of esters is 1. The highest BCUT2D eigenvalue weighted by Gasteiger charge is 2.34. The van der Waals surface area contributed by atoms with Crippen LogP contribution < -0.4 is 10.9 Å². The molecule has 2 N–H and O–H groups in total. The molecule has 0 spiro atoms. The second kappa shape index (κ2) is 12.1. The molecule has 1 atom stereocenters. The molecule has 10 heteroatoms. The molecule has 1 aromatic heterocycles. The van der Waals surface area contributed by atoms with Crippen LogP contribution in [0.15, 0.2) is 53.3 Å². The largest absolute Gasteiger partial charge is 0.467 e. The molecule has 3 aromatic rings. The first kappa shape index (κ1) is 27.8. The number of carbonyl (C=O) groups excluding carboxylic acids is 3. The van der Waals surface area contributed by atoms with Crippen molar-refractivity contribution in [2.24, 2.45) is 5.41 Å². The van der Waals surface area contributed by atoms with Gasteiger partial charge in [0.25, 0.3) is 5.56 Å². The van der Waals surface area contributed by atoms with E-state index in [4.69, 9.17) is 9.47 Å². The zero-order valence-corrected chi connectivity index (χ0v) is 22.5. The zero-order valence-electron chi connectivity index (χ0n) is 22.5. The predicted octanol–water partition coefficient (Wildman–Crippen LogP) is 3.44. The summed E-state index contributed by atoms with van der Waals surface area (Å²) in [4.78, 5) is 58.1.